The largest absolute Gasteiger partial charge is 0.489 e. The lowest BCUT2D eigenvalue weighted by Crippen LogP contribution is -2.10. The molecule has 0 unspecified atom stereocenters. The van der Waals surface area contributed by atoms with Gasteiger partial charge in [0.25, 0.3) is 0 Å². The highest BCUT2D eigenvalue weighted by molar-refractivity contribution is 6.40. The van der Waals surface area contributed by atoms with E-state index in [0.29, 0.717) is 32.1 Å². The third kappa shape index (κ3) is 4.27. The van der Waals surface area contributed by atoms with E-state index in [1.54, 1.807) is 36.4 Å². The van der Waals surface area contributed by atoms with Gasteiger partial charge in [0.15, 0.2) is 12.0 Å². The Morgan fingerprint density at radius 3 is 2.24 bits per heavy atom. The summed E-state index contributed by atoms with van der Waals surface area (Å²) in [7, 11) is 0. The summed E-state index contributed by atoms with van der Waals surface area (Å²) >= 11 is 17.8. The van der Waals surface area contributed by atoms with E-state index in [0.717, 1.165) is 6.29 Å². The summed E-state index contributed by atoms with van der Waals surface area (Å²) in [4.78, 5) is 10.8. The third-order valence-corrected chi connectivity index (χ3v) is 3.38. The highest BCUT2D eigenvalue weighted by Crippen LogP contribution is 2.35. The summed E-state index contributed by atoms with van der Waals surface area (Å²) in [6.07, 6.45) is 0.739. The molecular weight excluding hydrogens is 335 g/mol. The normalized spacial score (nSPS) is 10.2. The zero-order chi connectivity index (χ0) is 15.2. The minimum absolute atomic E-state index is 0.230. The van der Waals surface area contributed by atoms with Crippen LogP contribution in [0.1, 0.15) is 10.4 Å². The van der Waals surface area contributed by atoms with Crippen molar-refractivity contribution in [3.05, 3.63) is 57.0 Å². The summed E-state index contributed by atoms with van der Waals surface area (Å²) in [5.74, 6) is 0.861. The monoisotopic (exact) mass is 344 g/mol. The fourth-order valence-electron chi connectivity index (χ4n) is 1.67. The lowest BCUT2D eigenvalue weighted by atomic mass is 10.2. The number of benzene rings is 2. The highest BCUT2D eigenvalue weighted by atomic mass is 35.5. The van der Waals surface area contributed by atoms with E-state index in [2.05, 4.69) is 0 Å². The molecule has 0 aliphatic heterocycles. The van der Waals surface area contributed by atoms with E-state index < -0.39 is 0 Å². The molecule has 0 heterocycles. The van der Waals surface area contributed by atoms with Crippen LogP contribution in [0.4, 0.5) is 0 Å². The fraction of sp³-hybridized carbons (Fsp3) is 0.133. The van der Waals surface area contributed by atoms with Crippen LogP contribution in [0.25, 0.3) is 0 Å². The van der Waals surface area contributed by atoms with Gasteiger partial charge in [-0.05, 0) is 24.3 Å². The molecule has 0 saturated heterocycles. The standard InChI is InChI=1S/C15H11Cl3O3/c16-11-7-12(17)15(13(18)8-11)21-6-5-20-14-4-2-1-3-10(14)9-19/h1-4,7-9H,5-6H2. The molecule has 3 nitrogen and oxygen atoms in total. The molecule has 0 fully saturated rings. The first-order valence-electron chi connectivity index (χ1n) is 6.06. The van der Waals surface area contributed by atoms with Crippen molar-refractivity contribution in [1.82, 2.24) is 0 Å². The highest BCUT2D eigenvalue weighted by Gasteiger charge is 2.09. The van der Waals surface area contributed by atoms with E-state index in [1.165, 1.54) is 0 Å². The van der Waals surface area contributed by atoms with Gasteiger partial charge in [-0.25, -0.2) is 0 Å². The zero-order valence-electron chi connectivity index (χ0n) is 10.8. The van der Waals surface area contributed by atoms with E-state index in [1.807, 2.05) is 0 Å². The van der Waals surface area contributed by atoms with Crippen LogP contribution < -0.4 is 9.47 Å². The molecule has 0 aliphatic rings. The van der Waals surface area contributed by atoms with Crippen molar-refractivity contribution in [2.45, 2.75) is 0 Å². The Kier molecular flexibility index (Phi) is 5.74. The molecule has 0 saturated carbocycles. The molecule has 21 heavy (non-hydrogen) atoms. The van der Waals surface area contributed by atoms with Gasteiger partial charge in [0.05, 0.1) is 15.6 Å². The van der Waals surface area contributed by atoms with Crippen LogP contribution in [0.2, 0.25) is 15.1 Å². The molecule has 6 heteroatoms. The van der Waals surface area contributed by atoms with Gasteiger partial charge in [0.2, 0.25) is 0 Å². The van der Waals surface area contributed by atoms with Crippen LogP contribution in [-0.2, 0) is 0 Å². The van der Waals surface area contributed by atoms with Crippen LogP contribution in [0, 0.1) is 0 Å². The predicted octanol–water partition coefficient (Wildman–Crippen LogP) is 4.92. The summed E-state index contributed by atoms with van der Waals surface area (Å²) in [6.45, 7) is 0.481. The van der Waals surface area contributed by atoms with Crippen molar-refractivity contribution in [3.63, 3.8) is 0 Å². The van der Waals surface area contributed by atoms with Crippen LogP contribution >= 0.6 is 34.8 Å². The molecule has 0 aromatic heterocycles. The number of hydrogen-bond acceptors (Lipinski definition) is 3. The molecule has 110 valence electrons. The second-order valence-corrected chi connectivity index (χ2v) is 5.30. The molecule has 0 N–H and O–H groups in total. The quantitative estimate of drug-likeness (QED) is 0.551. The minimum atomic E-state index is 0.230. The Labute approximate surface area is 137 Å². The molecule has 0 aliphatic carbocycles. The second kappa shape index (κ2) is 7.55. The molecule has 0 amide bonds. The van der Waals surface area contributed by atoms with E-state index in [4.69, 9.17) is 44.3 Å². The predicted molar refractivity (Wildman–Crippen MR) is 84.3 cm³/mol. The first kappa shape index (κ1) is 16.0. The minimum Gasteiger partial charge on any atom is -0.489 e. The molecule has 0 spiro atoms. The van der Waals surface area contributed by atoms with E-state index >= 15 is 0 Å². The SMILES string of the molecule is O=Cc1ccccc1OCCOc1c(Cl)cc(Cl)cc1Cl. The van der Waals surface area contributed by atoms with Crippen molar-refractivity contribution in [2.75, 3.05) is 13.2 Å². The van der Waals surface area contributed by atoms with Crippen molar-refractivity contribution < 1.29 is 14.3 Å². The summed E-state index contributed by atoms with van der Waals surface area (Å²) in [5.41, 5.74) is 0.486. The number of carbonyl (C=O) groups is 1. The third-order valence-electron chi connectivity index (χ3n) is 2.60. The number of halogens is 3. The summed E-state index contributed by atoms with van der Waals surface area (Å²) < 4.78 is 11.0. The maximum Gasteiger partial charge on any atom is 0.156 e. The van der Waals surface area contributed by atoms with Crippen molar-refractivity contribution in [3.8, 4) is 11.5 Å². The second-order valence-electron chi connectivity index (χ2n) is 4.05. The molecule has 0 radical (unpaired) electrons. The van der Waals surface area contributed by atoms with Crippen molar-refractivity contribution in [2.24, 2.45) is 0 Å². The Morgan fingerprint density at radius 2 is 1.57 bits per heavy atom. The number of hydrogen-bond donors (Lipinski definition) is 0. The maximum atomic E-state index is 10.8. The first-order valence-corrected chi connectivity index (χ1v) is 7.19. The molecule has 0 bridgehead atoms. The number of rotatable bonds is 6. The van der Waals surface area contributed by atoms with Gasteiger partial charge in [-0.15, -0.1) is 0 Å². The smallest absolute Gasteiger partial charge is 0.156 e. The molecular formula is C15H11Cl3O3. The van der Waals surface area contributed by atoms with Crippen molar-refractivity contribution in [1.29, 1.82) is 0 Å². The fourth-order valence-corrected chi connectivity index (χ4v) is 2.60. The van der Waals surface area contributed by atoms with Crippen LogP contribution in [0.5, 0.6) is 11.5 Å². The topological polar surface area (TPSA) is 35.5 Å². The van der Waals surface area contributed by atoms with Gasteiger partial charge in [-0.3, -0.25) is 4.79 Å². The number of carbonyl (C=O) groups excluding carboxylic acids is 1. The van der Waals surface area contributed by atoms with Gasteiger partial charge in [0, 0.05) is 5.02 Å². The molecule has 0 atom stereocenters. The Morgan fingerprint density at radius 1 is 0.952 bits per heavy atom. The number of para-hydroxylation sites is 1. The maximum absolute atomic E-state index is 10.8. The van der Waals surface area contributed by atoms with Gasteiger partial charge < -0.3 is 9.47 Å². The van der Waals surface area contributed by atoms with Gasteiger partial charge in [-0.1, -0.05) is 46.9 Å². The zero-order valence-corrected chi connectivity index (χ0v) is 13.1. The average Bonchev–Trinajstić information content (AvgIpc) is 2.45. The van der Waals surface area contributed by atoms with E-state index in [-0.39, 0.29) is 13.2 Å². The molecule has 2 rings (SSSR count). The first-order chi connectivity index (χ1) is 10.1. The average molecular weight is 346 g/mol. The Bertz CT molecular complexity index is 621. The molecule has 2 aromatic rings. The van der Waals surface area contributed by atoms with Crippen molar-refractivity contribution >= 4 is 41.1 Å². The van der Waals surface area contributed by atoms with Crippen LogP contribution in [0.15, 0.2) is 36.4 Å². The van der Waals surface area contributed by atoms with Gasteiger partial charge >= 0.3 is 0 Å². The lowest BCUT2D eigenvalue weighted by Gasteiger charge is -2.12. The Hall–Kier alpha value is -1.42. The number of aldehydes is 1. The summed E-state index contributed by atoms with van der Waals surface area (Å²) in [5, 5.41) is 1.11. The lowest BCUT2D eigenvalue weighted by molar-refractivity contribution is 0.111. The van der Waals surface area contributed by atoms with Gasteiger partial charge in [-0.2, -0.15) is 0 Å². The number of ether oxygens (including phenoxy) is 2. The van der Waals surface area contributed by atoms with Crippen LogP contribution in [0.3, 0.4) is 0 Å². The summed E-state index contributed by atoms with van der Waals surface area (Å²) in [6, 6.07) is 10.0. The van der Waals surface area contributed by atoms with Crippen LogP contribution in [-0.4, -0.2) is 19.5 Å². The molecule has 2 aromatic carbocycles. The van der Waals surface area contributed by atoms with Gasteiger partial charge in [0.1, 0.15) is 19.0 Å². The van der Waals surface area contributed by atoms with E-state index in [9.17, 15) is 4.79 Å². The Balaban J connectivity index is 1.92.